The molecule has 0 N–H and O–H groups in total. The molecule has 0 radical (unpaired) electrons. The van der Waals surface area contributed by atoms with Gasteiger partial charge in [-0.1, -0.05) is 0 Å². The van der Waals surface area contributed by atoms with Crippen LogP contribution in [0.5, 0.6) is 5.75 Å². The van der Waals surface area contributed by atoms with Crippen molar-refractivity contribution in [3.63, 3.8) is 0 Å². The zero-order valence-corrected chi connectivity index (χ0v) is 11.6. The van der Waals surface area contributed by atoms with E-state index in [4.69, 9.17) is 4.74 Å². The molecule has 3 rings (SSSR count). The molecule has 0 amide bonds. The molecule has 0 unspecified atom stereocenters. The van der Waals surface area contributed by atoms with Crippen molar-refractivity contribution >= 4 is 33.3 Å². The number of rotatable bonds is 3. The van der Waals surface area contributed by atoms with E-state index in [0.717, 1.165) is 25.5 Å². The Hall–Kier alpha value is -1.53. The third kappa shape index (κ3) is 2.09. The van der Waals surface area contributed by atoms with Crippen LogP contribution >= 0.6 is 23.1 Å². The lowest BCUT2D eigenvalue weighted by Gasteiger charge is -1.96. The first kappa shape index (κ1) is 11.6. The molecule has 2 heterocycles. The molecule has 0 aliphatic carbocycles. The Kier molecular flexibility index (Phi) is 2.97. The number of nitrogens with zero attached hydrogens (tertiary/aromatic N) is 3. The molecule has 3 aromatic rings. The summed E-state index contributed by atoms with van der Waals surface area (Å²) in [4.78, 5) is 8.86. The Labute approximate surface area is 113 Å². The number of fused-ring (bicyclic) bond motifs is 1. The molecule has 0 saturated heterocycles. The molecule has 0 atom stereocenters. The highest BCUT2D eigenvalue weighted by molar-refractivity contribution is 8.01. The van der Waals surface area contributed by atoms with Crippen molar-refractivity contribution in [2.75, 3.05) is 7.11 Å². The minimum absolute atomic E-state index is 0.861. The Balaban J connectivity index is 1.96. The van der Waals surface area contributed by atoms with Crippen LogP contribution in [0.25, 0.3) is 10.2 Å². The first-order valence-corrected chi connectivity index (χ1v) is 6.99. The topological polar surface area (TPSA) is 39.9 Å². The van der Waals surface area contributed by atoms with Gasteiger partial charge >= 0.3 is 0 Å². The molecule has 0 fully saturated rings. The second-order valence-corrected chi connectivity index (χ2v) is 5.98. The van der Waals surface area contributed by atoms with Gasteiger partial charge in [0.1, 0.15) is 5.75 Å². The van der Waals surface area contributed by atoms with Gasteiger partial charge in [0.05, 0.1) is 17.3 Å². The van der Waals surface area contributed by atoms with Crippen LogP contribution in [0.3, 0.4) is 0 Å². The molecule has 0 aliphatic rings. The third-order valence-electron chi connectivity index (χ3n) is 2.53. The predicted molar refractivity (Wildman–Crippen MR) is 73.5 cm³/mol. The van der Waals surface area contributed by atoms with E-state index in [1.807, 2.05) is 36.0 Å². The van der Waals surface area contributed by atoms with Crippen molar-refractivity contribution in [3.8, 4) is 5.75 Å². The van der Waals surface area contributed by atoms with Gasteiger partial charge in [0, 0.05) is 19.4 Å². The molecular formula is C12H11N3OS2. The Morgan fingerprint density at radius 2 is 2.28 bits per heavy atom. The largest absolute Gasteiger partial charge is 0.497 e. The molecule has 0 bridgehead atoms. The predicted octanol–water partition coefficient (Wildman–Crippen LogP) is 3.19. The Morgan fingerprint density at radius 3 is 3.00 bits per heavy atom. The maximum absolute atomic E-state index is 5.21. The van der Waals surface area contributed by atoms with Gasteiger partial charge in [-0.25, -0.2) is 9.97 Å². The van der Waals surface area contributed by atoms with Gasteiger partial charge in [0.15, 0.2) is 9.50 Å². The maximum Gasteiger partial charge on any atom is 0.174 e. The number of aryl methyl sites for hydroxylation is 1. The second-order valence-electron chi connectivity index (χ2n) is 3.74. The summed E-state index contributed by atoms with van der Waals surface area (Å²) in [5.74, 6) is 0.861. The van der Waals surface area contributed by atoms with Crippen LogP contribution in [-0.2, 0) is 7.05 Å². The lowest BCUT2D eigenvalue weighted by atomic mass is 10.3. The van der Waals surface area contributed by atoms with Crippen molar-refractivity contribution in [2.24, 2.45) is 7.05 Å². The van der Waals surface area contributed by atoms with Crippen LogP contribution in [-0.4, -0.2) is 21.6 Å². The average Bonchev–Trinajstić information content (AvgIpc) is 2.95. The zero-order chi connectivity index (χ0) is 12.5. The molecule has 0 spiro atoms. The fraction of sp³-hybridized carbons (Fsp3) is 0.167. The van der Waals surface area contributed by atoms with Gasteiger partial charge < -0.3 is 9.30 Å². The molecule has 0 saturated carbocycles. The van der Waals surface area contributed by atoms with E-state index in [-0.39, 0.29) is 0 Å². The van der Waals surface area contributed by atoms with Crippen LogP contribution in [0.1, 0.15) is 0 Å². The molecule has 18 heavy (non-hydrogen) atoms. The normalized spacial score (nSPS) is 11.0. The lowest BCUT2D eigenvalue weighted by Crippen LogP contribution is -1.87. The van der Waals surface area contributed by atoms with E-state index >= 15 is 0 Å². The SMILES string of the molecule is COc1ccc2nc(Sc3nccn3C)sc2c1. The number of ether oxygens (including phenoxy) is 1. The highest BCUT2D eigenvalue weighted by atomic mass is 32.2. The van der Waals surface area contributed by atoms with Crippen LogP contribution in [0.15, 0.2) is 40.1 Å². The third-order valence-corrected chi connectivity index (χ3v) is 4.69. The monoisotopic (exact) mass is 277 g/mol. The van der Waals surface area contributed by atoms with Gasteiger partial charge in [-0.05, 0) is 30.0 Å². The molecule has 6 heteroatoms. The molecule has 4 nitrogen and oxygen atoms in total. The second kappa shape index (κ2) is 4.62. The number of thiazole rings is 1. The van der Waals surface area contributed by atoms with Crippen LogP contribution in [0.4, 0.5) is 0 Å². The highest BCUT2D eigenvalue weighted by Crippen LogP contribution is 2.34. The van der Waals surface area contributed by atoms with E-state index in [1.165, 1.54) is 0 Å². The summed E-state index contributed by atoms with van der Waals surface area (Å²) in [6.45, 7) is 0. The Morgan fingerprint density at radius 1 is 1.39 bits per heavy atom. The van der Waals surface area contributed by atoms with E-state index in [1.54, 1.807) is 36.4 Å². The van der Waals surface area contributed by atoms with E-state index in [2.05, 4.69) is 9.97 Å². The molecule has 2 aromatic heterocycles. The van der Waals surface area contributed by atoms with Gasteiger partial charge in [-0.3, -0.25) is 0 Å². The average molecular weight is 277 g/mol. The van der Waals surface area contributed by atoms with E-state index in [0.29, 0.717) is 0 Å². The standard InChI is InChI=1S/C12H11N3OS2/c1-15-6-5-13-11(15)18-12-14-9-4-3-8(16-2)7-10(9)17-12/h3-7H,1-2H3. The van der Waals surface area contributed by atoms with E-state index in [9.17, 15) is 0 Å². The zero-order valence-electron chi connectivity index (χ0n) is 9.95. The minimum Gasteiger partial charge on any atom is -0.497 e. The fourth-order valence-corrected chi connectivity index (χ4v) is 3.59. The molecular weight excluding hydrogens is 266 g/mol. The highest BCUT2D eigenvalue weighted by Gasteiger charge is 2.09. The van der Waals surface area contributed by atoms with Crippen molar-refractivity contribution in [3.05, 3.63) is 30.6 Å². The van der Waals surface area contributed by atoms with Crippen molar-refractivity contribution in [2.45, 2.75) is 9.50 Å². The van der Waals surface area contributed by atoms with Gasteiger partial charge in [-0.2, -0.15) is 0 Å². The summed E-state index contributed by atoms with van der Waals surface area (Å²) in [5, 5.41) is 0.945. The molecule has 1 aromatic carbocycles. The lowest BCUT2D eigenvalue weighted by molar-refractivity contribution is 0.415. The number of hydrogen-bond acceptors (Lipinski definition) is 5. The summed E-state index contributed by atoms with van der Waals surface area (Å²) in [7, 11) is 3.65. The summed E-state index contributed by atoms with van der Waals surface area (Å²) in [5.41, 5.74) is 0.998. The van der Waals surface area contributed by atoms with Crippen molar-refractivity contribution in [1.82, 2.24) is 14.5 Å². The summed E-state index contributed by atoms with van der Waals surface area (Å²) in [6, 6.07) is 5.92. The first-order valence-electron chi connectivity index (χ1n) is 5.36. The Bertz CT molecular complexity index is 690. The van der Waals surface area contributed by atoms with Gasteiger partial charge in [-0.15, -0.1) is 11.3 Å². The van der Waals surface area contributed by atoms with Gasteiger partial charge in [0.25, 0.3) is 0 Å². The first-order chi connectivity index (χ1) is 8.76. The number of hydrogen-bond donors (Lipinski definition) is 0. The number of aromatic nitrogens is 3. The maximum atomic E-state index is 5.21. The van der Waals surface area contributed by atoms with Crippen LogP contribution < -0.4 is 4.74 Å². The van der Waals surface area contributed by atoms with Crippen LogP contribution in [0, 0.1) is 0 Å². The molecule has 92 valence electrons. The van der Waals surface area contributed by atoms with Crippen molar-refractivity contribution in [1.29, 1.82) is 0 Å². The fourth-order valence-electron chi connectivity index (χ4n) is 1.58. The number of methoxy groups -OCH3 is 1. The quantitative estimate of drug-likeness (QED) is 0.737. The minimum atomic E-state index is 0.861. The van der Waals surface area contributed by atoms with E-state index < -0.39 is 0 Å². The van der Waals surface area contributed by atoms with Crippen LogP contribution in [0.2, 0.25) is 0 Å². The number of benzene rings is 1. The molecule has 0 aliphatic heterocycles. The summed E-state index contributed by atoms with van der Waals surface area (Å²) >= 11 is 3.23. The smallest absolute Gasteiger partial charge is 0.174 e. The van der Waals surface area contributed by atoms with Crippen molar-refractivity contribution < 1.29 is 4.74 Å². The summed E-state index contributed by atoms with van der Waals surface area (Å²) < 4.78 is 9.32. The summed E-state index contributed by atoms with van der Waals surface area (Å²) in [6.07, 6.45) is 3.72. The number of imidazole rings is 1. The van der Waals surface area contributed by atoms with Gasteiger partial charge in [0.2, 0.25) is 0 Å².